The van der Waals surface area contributed by atoms with Gasteiger partial charge in [-0.3, -0.25) is 9.05 Å². The van der Waals surface area contributed by atoms with Crippen molar-refractivity contribution < 1.29 is 23.0 Å². The van der Waals surface area contributed by atoms with E-state index in [-0.39, 0.29) is 5.92 Å². The molecule has 0 N–H and O–H groups in total. The number of fused-ring (bicyclic) bond motifs is 1. The molecule has 296 valence electrons. The molecule has 0 aliphatic carbocycles. The second kappa shape index (κ2) is 16.6. The predicted octanol–water partition coefficient (Wildman–Crippen LogP) is 11.6. The minimum atomic E-state index is -2.27. The summed E-state index contributed by atoms with van der Waals surface area (Å²) < 4.78 is 37.6. The highest BCUT2D eigenvalue weighted by molar-refractivity contribution is 7.80. The van der Waals surface area contributed by atoms with Crippen molar-refractivity contribution in [2.45, 2.75) is 62.8 Å². The number of hydrogen-bond acceptors (Lipinski definition) is 5. The van der Waals surface area contributed by atoms with Crippen molar-refractivity contribution >= 4 is 32.4 Å². The Morgan fingerprint density at radius 2 is 0.831 bits per heavy atom. The van der Waals surface area contributed by atoms with Crippen LogP contribution in [-0.2, 0) is 29.7 Å². The van der Waals surface area contributed by atoms with Gasteiger partial charge in [0, 0.05) is 5.30 Å². The summed E-state index contributed by atoms with van der Waals surface area (Å²) in [5.74, 6) is -0.0968. The monoisotopic (exact) mass is 814 g/mol. The lowest BCUT2D eigenvalue weighted by atomic mass is 9.72. The minimum Gasteiger partial charge on any atom is -0.426 e. The van der Waals surface area contributed by atoms with Gasteiger partial charge in [0.25, 0.3) is 0 Å². The van der Waals surface area contributed by atoms with Crippen LogP contribution in [0.3, 0.4) is 0 Å². The Morgan fingerprint density at radius 3 is 1.19 bits per heavy atom. The molecule has 0 amide bonds. The molecule has 7 aromatic rings. The third kappa shape index (κ3) is 7.36. The average Bonchev–Trinajstić information content (AvgIpc) is 3.57. The van der Waals surface area contributed by atoms with Crippen molar-refractivity contribution in [3.05, 3.63) is 228 Å². The number of hydrogen-bond donors (Lipinski definition) is 0. The van der Waals surface area contributed by atoms with Gasteiger partial charge in [0.1, 0.15) is 18.0 Å². The van der Waals surface area contributed by atoms with Gasteiger partial charge >= 0.3 is 8.60 Å². The van der Waals surface area contributed by atoms with Crippen LogP contribution in [0.15, 0.2) is 200 Å². The molecule has 2 aliphatic heterocycles. The Bertz CT molecular complexity index is 2230. The molecule has 7 heteroatoms. The molecule has 2 saturated heterocycles. The van der Waals surface area contributed by atoms with Gasteiger partial charge in [-0.1, -0.05) is 214 Å². The van der Waals surface area contributed by atoms with Crippen LogP contribution in [0.1, 0.15) is 61.4 Å². The summed E-state index contributed by atoms with van der Waals surface area (Å²) in [6, 6.07) is 69.5. The predicted molar refractivity (Wildman–Crippen MR) is 240 cm³/mol. The molecule has 2 fully saturated rings. The summed E-state index contributed by atoms with van der Waals surface area (Å²) in [5, 5.41) is 3.53. The lowest BCUT2D eigenvalue weighted by molar-refractivity contribution is -0.175. The van der Waals surface area contributed by atoms with E-state index in [1.54, 1.807) is 0 Å². The first kappa shape index (κ1) is 39.5. The maximum Gasteiger partial charge on any atom is 0.399 e. The highest BCUT2D eigenvalue weighted by atomic mass is 31.2. The third-order valence-corrected chi connectivity index (χ3v) is 14.9. The van der Waals surface area contributed by atoms with Crippen molar-refractivity contribution in [2.24, 2.45) is 0 Å². The van der Waals surface area contributed by atoms with Crippen LogP contribution < -0.4 is 20.4 Å². The van der Waals surface area contributed by atoms with E-state index in [9.17, 15) is 0 Å². The van der Waals surface area contributed by atoms with Crippen LogP contribution in [-0.4, -0.2) is 18.0 Å². The molecular weight excluding hydrogens is 767 g/mol. The van der Waals surface area contributed by atoms with Gasteiger partial charge in [0.15, 0.2) is 17.0 Å². The maximum absolute atomic E-state index is 7.78. The largest absolute Gasteiger partial charge is 0.426 e. The van der Waals surface area contributed by atoms with Gasteiger partial charge in [-0.15, -0.1) is 0 Å². The fourth-order valence-corrected chi connectivity index (χ4v) is 12.7. The van der Waals surface area contributed by atoms with E-state index in [0.717, 1.165) is 38.9 Å². The molecule has 0 spiro atoms. The fraction of sp³-hybridized carbons (Fsp3) is 0.192. The topological polar surface area (TPSA) is 46.2 Å². The zero-order valence-electron chi connectivity index (χ0n) is 33.7. The van der Waals surface area contributed by atoms with E-state index in [4.69, 9.17) is 23.0 Å². The zero-order valence-corrected chi connectivity index (χ0v) is 35.5. The highest BCUT2D eigenvalue weighted by Crippen LogP contribution is 2.65. The first-order valence-corrected chi connectivity index (χ1v) is 22.7. The molecular formula is C52H48O5P2. The van der Waals surface area contributed by atoms with Crippen LogP contribution in [0, 0.1) is 0 Å². The second-order valence-corrected chi connectivity index (χ2v) is 18.9. The van der Waals surface area contributed by atoms with Gasteiger partial charge < -0.3 is 14.0 Å². The van der Waals surface area contributed by atoms with Crippen molar-refractivity contribution in [1.82, 2.24) is 0 Å². The van der Waals surface area contributed by atoms with Gasteiger partial charge in [-0.05, 0) is 66.1 Å². The Balaban J connectivity index is 1.34. The third-order valence-electron chi connectivity index (χ3n) is 11.2. The number of benzene rings is 7. The van der Waals surface area contributed by atoms with Crippen LogP contribution in [0.4, 0.5) is 0 Å². The molecule has 0 aromatic heterocycles. The molecule has 0 bridgehead atoms. The fourth-order valence-electron chi connectivity index (χ4n) is 8.62. The van der Waals surface area contributed by atoms with Crippen molar-refractivity contribution in [1.29, 1.82) is 0 Å². The van der Waals surface area contributed by atoms with Crippen molar-refractivity contribution in [3.63, 3.8) is 0 Å². The highest BCUT2D eigenvalue weighted by Gasteiger charge is 2.67. The molecule has 9 rings (SSSR count). The van der Waals surface area contributed by atoms with E-state index in [2.05, 4.69) is 190 Å². The minimum absolute atomic E-state index is 0.128. The van der Waals surface area contributed by atoms with Crippen LogP contribution in [0.25, 0.3) is 0 Å². The number of para-hydroxylation sites is 1. The van der Waals surface area contributed by atoms with E-state index in [1.165, 1.54) is 10.6 Å². The molecule has 2 unspecified atom stereocenters. The Kier molecular flexibility index (Phi) is 11.1. The molecule has 2 aliphatic rings. The lowest BCUT2D eigenvalue weighted by Crippen LogP contribution is -2.53. The molecule has 0 saturated carbocycles. The molecule has 0 radical (unpaired) electrons. The van der Waals surface area contributed by atoms with Gasteiger partial charge in [-0.25, -0.2) is 0 Å². The zero-order chi connectivity index (χ0) is 40.5. The normalized spacial score (nSPS) is 20.5. The lowest BCUT2D eigenvalue weighted by Gasteiger charge is -2.41. The van der Waals surface area contributed by atoms with E-state index < -0.39 is 45.7 Å². The molecule has 2 heterocycles. The first-order chi connectivity index (χ1) is 28.8. The summed E-state index contributed by atoms with van der Waals surface area (Å²) >= 11 is 0. The summed E-state index contributed by atoms with van der Waals surface area (Å²) in [5.41, 5.74) is 2.23. The Hall–Kier alpha value is -4.96. The Labute approximate surface area is 350 Å². The summed E-state index contributed by atoms with van der Waals surface area (Å²) in [6.45, 7) is 8.38. The average molecular weight is 815 g/mol. The number of rotatable bonds is 10. The SMILES string of the molecule is CC(C)c1cccc(P(c2ccccc2)c2ccccc2)c1OP1OC(c2ccccc2)(c2ccccc2)C2OC(C)(C)OC2C(c2ccccc2)(c2ccccc2)O1. The smallest absolute Gasteiger partial charge is 0.399 e. The Morgan fingerprint density at radius 1 is 0.475 bits per heavy atom. The van der Waals surface area contributed by atoms with E-state index in [1.807, 2.05) is 38.1 Å². The summed E-state index contributed by atoms with van der Waals surface area (Å²) in [7, 11) is -3.33. The number of ether oxygens (including phenoxy) is 2. The van der Waals surface area contributed by atoms with Crippen LogP contribution in [0.5, 0.6) is 5.75 Å². The summed E-state index contributed by atoms with van der Waals surface area (Å²) in [6.07, 6.45) is -1.41. The van der Waals surface area contributed by atoms with Crippen molar-refractivity contribution in [2.75, 3.05) is 0 Å². The molecule has 2 atom stereocenters. The standard InChI is InChI=1S/C52H48O5P2/c1-38(2)45-36-23-37-46(58(43-32-19-9-20-33-43)44-34-21-10-22-35-44)47(45)55-59-56-51(39-24-11-5-12-25-39,40-26-13-6-14-27-40)48-49(54-50(3,4)53-48)52(57-59,41-28-15-7-16-29-41)42-30-17-8-18-31-42/h5-38,48-49H,1-4H3. The van der Waals surface area contributed by atoms with Gasteiger partial charge in [0.2, 0.25) is 0 Å². The molecule has 7 aromatic carbocycles. The quantitative estimate of drug-likeness (QED) is 0.129. The van der Waals surface area contributed by atoms with E-state index >= 15 is 0 Å². The van der Waals surface area contributed by atoms with Gasteiger partial charge in [0.05, 0.1) is 0 Å². The second-order valence-electron chi connectivity index (χ2n) is 15.8. The van der Waals surface area contributed by atoms with Crippen LogP contribution in [0.2, 0.25) is 0 Å². The first-order valence-electron chi connectivity index (χ1n) is 20.3. The van der Waals surface area contributed by atoms with E-state index in [0.29, 0.717) is 0 Å². The van der Waals surface area contributed by atoms with Crippen molar-refractivity contribution in [3.8, 4) is 5.75 Å². The molecule has 5 nitrogen and oxygen atoms in total. The maximum atomic E-state index is 7.78. The molecule has 59 heavy (non-hydrogen) atoms. The van der Waals surface area contributed by atoms with Gasteiger partial charge in [-0.2, -0.15) is 0 Å². The summed E-state index contributed by atoms with van der Waals surface area (Å²) in [4.78, 5) is 0. The van der Waals surface area contributed by atoms with Crippen LogP contribution >= 0.6 is 16.5 Å².